The molecule has 0 bridgehead atoms. The minimum absolute atomic E-state index is 0.00665. The Hall–Kier alpha value is -2.68. The van der Waals surface area contributed by atoms with Crippen LogP contribution in [0.2, 0.25) is 0 Å². The predicted octanol–water partition coefficient (Wildman–Crippen LogP) is 4.60. The Bertz CT molecular complexity index is 851. The molecule has 1 N–H and O–H groups in total. The number of para-hydroxylation sites is 1. The molecule has 0 saturated carbocycles. The van der Waals surface area contributed by atoms with E-state index >= 15 is 0 Å². The largest absolute Gasteiger partial charge is 0.493 e. The van der Waals surface area contributed by atoms with Crippen LogP contribution in [0.3, 0.4) is 0 Å². The summed E-state index contributed by atoms with van der Waals surface area (Å²) in [6.07, 6.45) is 0.621. The van der Waals surface area contributed by atoms with Crippen LogP contribution in [0, 0.1) is 5.92 Å². The number of ether oxygens (including phenoxy) is 3. The molecule has 0 fully saturated rings. The molecule has 9 heteroatoms. The highest BCUT2D eigenvalue weighted by molar-refractivity contribution is 7.15. The van der Waals surface area contributed by atoms with Gasteiger partial charge in [-0.2, -0.15) is 8.78 Å². The molecule has 152 valence electrons. The van der Waals surface area contributed by atoms with Gasteiger partial charge in [-0.05, 0) is 35.4 Å². The number of carbonyl (C=O) groups is 2. The van der Waals surface area contributed by atoms with Gasteiger partial charge < -0.3 is 19.5 Å². The number of carbonyl (C=O) groups excluding carboxylic acids is 2. The van der Waals surface area contributed by atoms with Gasteiger partial charge in [0.2, 0.25) is 0 Å². The minimum atomic E-state index is -3.13. The van der Waals surface area contributed by atoms with Gasteiger partial charge in [-0.25, -0.2) is 4.79 Å². The van der Waals surface area contributed by atoms with E-state index in [2.05, 4.69) is 10.1 Å². The lowest BCUT2D eigenvalue weighted by atomic mass is 10.0. The Kier molecular flexibility index (Phi) is 7.33. The van der Waals surface area contributed by atoms with Crippen molar-refractivity contribution in [3.8, 4) is 11.5 Å². The standard InChI is InChI=1S/C19H21F2NO5S/c1-10(2)8-11-9-28-17(14(11)18(24)26-4)22-16(23)12-6-5-7-13(25-3)15(12)27-19(20)21/h5-7,9-10,19H,8H2,1-4H3,(H,22,23). The Balaban J connectivity index is 2.40. The number of halogens is 2. The van der Waals surface area contributed by atoms with Gasteiger partial charge in [0.1, 0.15) is 5.00 Å². The van der Waals surface area contributed by atoms with Gasteiger partial charge in [-0.15, -0.1) is 11.3 Å². The van der Waals surface area contributed by atoms with E-state index in [4.69, 9.17) is 9.47 Å². The number of nitrogens with one attached hydrogen (secondary N) is 1. The quantitative estimate of drug-likeness (QED) is 0.641. The fourth-order valence-electron chi connectivity index (χ4n) is 2.64. The number of hydrogen-bond donors (Lipinski definition) is 1. The summed E-state index contributed by atoms with van der Waals surface area (Å²) >= 11 is 1.16. The molecule has 6 nitrogen and oxygen atoms in total. The first-order valence-electron chi connectivity index (χ1n) is 8.40. The minimum Gasteiger partial charge on any atom is -0.493 e. The predicted molar refractivity (Wildman–Crippen MR) is 102 cm³/mol. The Labute approximate surface area is 165 Å². The summed E-state index contributed by atoms with van der Waals surface area (Å²) < 4.78 is 39.9. The number of amides is 1. The maximum Gasteiger partial charge on any atom is 0.387 e. The van der Waals surface area contributed by atoms with E-state index in [9.17, 15) is 18.4 Å². The van der Waals surface area contributed by atoms with Crippen molar-refractivity contribution in [2.45, 2.75) is 26.9 Å². The number of anilines is 1. The molecule has 0 aliphatic rings. The van der Waals surface area contributed by atoms with Gasteiger partial charge in [0.15, 0.2) is 11.5 Å². The monoisotopic (exact) mass is 413 g/mol. The molecule has 0 unspecified atom stereocenters. The summed E-state index contributed by atoms with van der Waals surface area (Å²) in [4.78, 5) is 25.0. The third-order valence-corrected chi connectivity index (χ3v) is 4.71. The van der Waals surface area contributed by atoms with Crippen molar-refractivity contribution in [3.63, 3.8) is 0 Å². The van der Waals surface area contributed by atoms with Crippen molar-refractivity contribution in [1.82, 2.24) is 0 Å². The summed E-state index contributed by atoms with van der Waals surface area (Å²) in [5.41, 5.74) is 0.861. The zero-order valence-corrected chi connectivity index (χ0v) is 16.7. The first-order valence-corrected chi connectivity index (χ1v) is 9.28. The zero-order valence-electron chi connectivity index (χ0n) is 15.9. The SMILES string of the molecule is COC(=O)c1c(CC(C)C)csc1NC(=O)c1cccc(OC)c1OC(F)F. The van der Waals surface area contributed by atoms with Gasteiger partial charge >= 0.3 is 12.6 Å². The molecule has 0 aliphatic heterocycles. The second kappa shape index (κ2) is 9.50. The number of esters is 1. The van der Waals surface area contributed by atoms with Crippen LogP contribution in [-0.2, 0) is 11.2 Å². The van der Waals surface area contributed by atoms with Crippen molar-refractivity contribution in [3.05, 3.63) is 40.3 Å². The normalized spacial score (nSPS) is 10.9. The summed E-state index contributed by atoms with van der Waals surface area (Å²) in [5, 5.41) is 4.64. The highest BCUT2D eigenvalue weighted by atomic mass is 32.1. The number of benzene rings is 1. The van der Waals surface area contributed by atoms with Crippen LogP contribution in [-0.4, -0.2) is 32.7 Å². The first kappa shape index (κ1) is 21.6. The van der Waals surface area contributed by atoms with E-state index in [1.165, 1.54) is 32.4 Å². The van der Waals surface area contributed by atoms with Crippen LogP contribution in [0.25, 0.3) is 0 Å². The van der Waals surface area contributed by atoms with Crippen LogP contribution >= 0.6 is 11.3 Å². The highest BCUT2D eigenvalue weighted by Gasteiger charge is 2.25. The van der Waals surface area contributed by atoms with Crippen molar-refractivity contribution in [2.24, 2.45) is 5.92 Å². The molecule has 0 saturated heterocycles. The number of alkyl halides is 2. The molecular weight excluding hydrogens is 392 g/mol. The molecule has 1 amide bonds. The second-order valence-electron chi connectivity index (χ2n) is 6.22. The lowest BCUT2D eigenvalue weighted by Gasteiger charge is -2.14. The molecule has 1 aromatic heterocycles. The molecule has 0 radical (unpaired) electrons. The molecular formula is C19H21F2NO5S. The first-order chi connectivity index (χ1) is 13.3. The number of methoxy groups -OCH3 is 2. The van der Waals surface area contributed by atoms with Crippen LogP contribution in [0.4, 0.5) is 13.8 Å². The molecule has 0 aliphatic carbocycles. The topological polar surface area (TPSA) is 73.9 Å². The summed E-state index contributed by atoms with van der Waals surface area (Å²) in [6, 6.07) is 4.21. The smallest absolute Gasteiger partial charge is 0.387 e. The van der Waals surface area contributed by atoms with Crippen LogP contribution < -0.4 is 14.8 Å². The number of hydrogen-bond acceptors (Lipinski definition) is 6. The van der Waals surface area contributed by atoms with E-state index < -0.39 is 18.5 Å². The maximum absolute atomic E-state index is 12.8. The van der Waals surface area contributed by atoms with Crippen molar-refractivity contribution < 1.29 is 32.6 Å². The highest BCUT2D eigenvalue weighted by Crippen LogP contribution is 2.35. The van der Waals surface area contributed by atoms with Gasteiger partial charge in [0, 0.05) is 0 Å². The zero-order chi connectivity index (χ0) is 20.8. The van der Waals surface area contributed by atoms with E-state index in [0.29, 0.717) is 6.42 Å². The fourth-order valence-corrected chi connectivity index (χ4v) is 3.60. The maximum atomic E-state index is 12.8. The lowest BCUT2D eigenvalue weighted by molar-refractivity contribution is -0.0515. The van der Waals surface area contributed by atoms with Crippen molar-refractivity contribution >= 4 is 28.2 Å². The summed E-state index contributed by atoms with van der Waals surface area (Å²) in [6.45, 7) is 0.871. The molecule has 2 aromatic rings. The van der Waals surface area contributed by atoms with Crippen LogP contribution in [0.1, 0.15) is 40.1 Å². The van der Waals surface area contributed by atoms with Gasteiger partial charge in [-0.1, -0.05) is 19.9 Å². The molecule has 0 spiro atoms. The number of rotatable bonds is 8. The molecule has 2 rings (SSSR count). The van der Waals surface area contributed by atoms with Crippen LogP contribution in [0.15, 0.2) is 23.6 Å². The lowest BCUT2D eigenvalue weighted by Crippen LogP contribution is -2.17. The van der Waals surface area contributed by atoms with E-state index in [1.807, 2.05) is 13.8 Å². The van der Waals surface area contributed by atoms with E-state index in [0.717, 1.165) is 16.9 Å². The van der Waals surface area contributed by atoms with Gasteiger partial charge in [-0.3, -0.25) is 4.79 Å². The Morgan fingerprint density at radius 1 is 1.21 bits per heavy atom. The summed E-state index contributed by atoms with van der Waals surface area (Å²) in [7, 11) is 2.53. The average molecular weight is 413 g/mol. The van der Waals surface area contributed by atoms with E-state index in [-0.39, 0.29) is 33.5 Å². The third kappa shape index (κ3) is 4.98. The van der Waals surface area contributed by atoms with Crippen molar-refractivity contribution in [2.75, 3.05) is 19.5 Å². The molecule has 1 aromatic carbocycles. The second-order valence-corrected chi connectivity index (χ2v) is 7.10. The number of thiophene rings is 1. The average Bonchev–Trinajstić information content (AvgIpc) is 3.02. The fraction of sp³-hybridized carbons (Fsp3) is 0.368. The summed E-state index contributed by atoms with van der Waals surface area (Å²) in [5.74, 6) is -1.39. The molecule has 28 heavy (non-hydrogen) atoms. The Morgan fingerprint density at radius 2 is 1.93 bits per heavy atom. The molecule has 1 heterocycles. The third-order valence-electron chi connectivity index (χ3n) is 3.76. The van der Waals surface area contributed by atoms with Gasteiger partial charge in [0.25, 0.3) is 5.91 Å². The van der Waals surface area contributed by atoms with E-state index in [1.54, 1.807) is 5.38 Å². The van der Waals surface area contributed by atoms with Crippen LogP contribution in [0.5, 0.6) is 11.5 Å². The molecule has 0 atom stereocenters. The Morgan fingerprint density at radius 3 is 2.50 bits per heavy atom. The van der Waals surface area contributed by atoms with Crippen molar-refractivity contribution in [1.29, 1.82) is 0 Å². The van der Waals surface area contributed by atoms with Gasteiger partial charge in [0.05, 0.1) is 25.3 Å².